The molecule has 1 N–H and O–H groups in total. The molecule has 0 aromatic heterocycles. The molecule has 2 heteroatoms. The quantitative estimate of drug-likeness (QED) is 0.677. The Morgan fingerprint density at radius 1 is 1.29 bits per heavy atom. The molecule has 0 heterocycles. The van der Waals surface area contributed by atoms with E-state index in [1.165, 1.54) is 17.0 Å². The maximum atomic E-state index is 3.76. The zero-order chi connectivity index (χ0) is 11.1. The van der Waals surface area contributed by atoms with Crippen molar-refractivity contribution in [2.24, 2.45) is 0 Å². The zero-order valence-electron chi connectivity index (χ0n) is 10.0. The largest absolute Gasteiger partial charge is 0.379 e. The van der Waals surface area contributed by atoms with Gasteiger partial charge in [-0.05, 0) is 27.0 Å². The third-order valence-electron chi connectivity index (χ3n) is 1.89. The molecule has 0 amide bonds. The minimum atomic E-state index is 0.891. The Bertz CT molecular complexity index is 243. The lowest BCUT2D eigenvalue weighted by Crippen LogP contribution is -2.17. The molecule has 0 aliphatic heterocycles. The van der Waals surface area contributed by atoms with E-state index in [-0.39, 0.29) is 0 Å². The molecular weight excluding hydrogens is 172 g/mol. The lowest BCUT2D eigenvalue weighted by molar-refractivity contribution is 0.490. The van der Waals surface area contributed by atoms with E-state index in [1.807, 2.05) is 26.4 Å². The van der Waals surface area contributed by atoms with Crippen molar-refractivity contribution in [1.29, 1.82) is 0 Å². The van der Waals surface area contributed by atoms with Crippen molar-refractivity contribution >= 4 is 0 Å². The molecule has 80 valence electrons. The van der Waals surface area contributed by atoms with Gasteiger partial charge in [0, 0.05) is 31.9 Å². The first-order chi connectivity index (χ1) is 6.49. The SMILES string of the molecule is C=CC/C(=C(\C)NC=C(C)C)N(C)C. The van der Waals surface area contributed by atoms with Crippen LogP contribution in [0.3, 0.4) is 0 Å². The summed E-state index contributed by atoms with van der Waals surface area (Å²) >= 11 is 0. The smallest absolute Gasteiger partial charge is 0.0359 e. The number of allylic oxidation sites excluding steroid dienone is 3. The van der Waals surface area contributed by atoms with Gasteiger partial charge in [-0.15, -0.1) is 6.58 Å². The Hall–Kier alpha value is -1.18. The average Bonchev–Trinajstić information content (AvgIpc) is 2.09. The Morgan fingerprint density at radius 2 is 1.86 bits per heavy atom. The molecule has 2 nitrogen and oxygen atoms in total. The second kappa shape index (κ2) is 6.30. The van der Waals surface area contributed by atoms with Crippen LogP contribution in [0, 0.1) is 0 Å². The maximum Gasteiger partial charge on any atom is 0.0359 e. The number of hydrogen-bond donors (Lipinski definition) is 1. The van der Waals surface area contributed by atoms with Crippen LogP contribution in [0.2, 0.25) is 0 Å². The highest BCUT2D eigenvalue weighted by Crippen LogP contribution is 2.09. The summed E-state index contributed by atoms with van der Waals surface area (Å²) in [5.41, 5.74) is 3.70. The van der Waals surface area contributed by atoms with Gasteiger partial charge in [-0.3, -0.25) is 0 Å². The Kier molecular flexibility index (Phi) is 5.77. The second-order valence-corrected chi connectivity index (χ2v) is 3.82. The summed E-state index contributed by atoms with van der Waals surface area (Å²) in [6, 6.07) is 0. The van der Waals surface area contributed by atoms with E-state index < -0.39 is 0 Å². The highest BCUT2D eigenvalue weighted by atomic mass is 15.1. The Morgan fingerprint density at radius 3 is 2.21 bits per heavy atom. The maximum absolute atomic E-state index is 3.76. The van der Waals surface area contributed by atoms with Gasteiger partial charge < -0.3 is 10.2 Å². The molecule has 14 heavy (non-hydrogen) atoms. The molecule has 0 aliphatic carbocycles. The molecule has 0 saturated carbocycles. The van der Waals surface area contributed by atoms with Gasteiger partial charge >= 0.3 is 0 Å². The topological polar surface area (TPSA) is 15.3 Å². The fourth-order valence-corrected chi connectivity index (χ4v) is 1.14. The van der Waals surface area contributed by atoms with Gasteiger partial charge in [0.25, 0.3) is 0 Å². The molecule has 0 aromatic rings. The van der Waals surface area contributed by atoms with E-state index in [0.29, 0.717) is 0 Å². The van der Waals surface area contributed by atoms with Crippen LogP contribution in [0.1, 0.15) is 27.2 Å². The average molecular weight is 194 g/mol. The molecule has 0 fully saturated rings. The summed E-state index contributed by atoms with van der Waals surface area (Å²) < 4.78 is 0. The van der Waals surface area contributed by atoms with Crippen molar-refractivity contribution in [2.75, 3.05) is 14.1 Å². The normalized spacial score (nSPS) is 11.5. The third-order valence-corrected chi connectivity index (χ3v) is 1.89. The summed E-state index contributed by atoms with van der Waals surface area (Å²) in [7, 11) is 4.10. The standard InChI is InChI=1S/C12H22N2/c1-7-8-12(14(5)6)11(4)13-9-10(2)3/h7,9,13H,1,8H2,2-6H3/b12-11-. The van der Waals surface area contributed by atoms with Crippen molar-refractivity contribution in [3.63, 3.8) is 0 Å². The summed E-state index contributed by atoms with van der Waals surface area (Å²) in [5.74, 6) is 0. The van der Waals surface area contributed by atoms with Crippen molar-refractivity contribution in [2.45, 2.75) is 27.2 Å². The van der Waals surface area contributed by atoms with Crippen molar-refractivity contribution in [3.05, 3.63) is 35.8 Å². The Balaban J connectivity index is 4.63. The van der Waals surface area contributed by atoms with Crippen LogP contribution in [0.25, 0.3) is 0 Å². The van der Waals surface area contributed by atoms with Crippen LogP contribution in [0.5, 0.6) is 0 Å². The fraction of sp³-hybridized carbons (Fsp3) is 0.500. The predicted molar refractivity (Wildman–Crippen MR) is 63.8 cm³/mol. The summed E-state index contributed by atoms with van der Waals surface area (Å²) in [6.07, 6.45) is 4.83. The van der Waals surface area contributed by atoms with Crippen molar-refractivity contribution < 1.29 is 0 Å². The molecule has 0 unspecified atom stereocenters. The molecule has 0 aromatic carbocycles. The van der Waals surface area contributed by atoms with Crippen LogP contribution in [0.15, 0.2) is 35.8 Å². The van der Waals surface area contributed by atoms with Crippen LogP contribution in [-0.2, 0) is 0 Å². The monoisotopic (exact) mass is 194 g/mol. The number of nitrogens with zero attached hydrogens (tertiary/aromatic N) is 1. The van der Waals surface area contributed by atoms with Crippen LogP contribution in [0.4, 0.5) is 0 Å². The molecule has 0 atom stereocenters. The van der Waals surface area contributed by atoms with Gasteiger partial charge in [-0.25, -0.2) is 0 Å². The van der Waals surface area contributed by atoms with E-state index in [9.17, 15) is 0 Å². The van der Waals surface area contributed by atoms with Gasteiger partial charge in [0.2, 0.25) is 0 Å². The lowest BCUT2D eigenvalue weighted by atomic mass is 10.2. The molecule has 0 rings (SSSR count). The van der Waals surface area contributed by atoms with E-state index in [2.05, 4.69) is 37.6 Å². The first-order valence-corrected chi connectivity index (χ1v) is 4.87. The number of hydrogen-bond acceptors (Lipinski definition) is 2. The van der Waals surface area contributed by atoms with E-state index in [4.69, 9.17) is 0 Å². The molecule has 0 aliphatic rings. The van der Waals surface area contributed by atoms with Gasteiger partial charge in [0.15, 0.2) is 0 Å². The lowest BCUT2D eigenvalue weighted by Gasteiger charge is -2.19. The van der Waals surface area contributed by atoms with Crippen molar-refractivity contribution in [3.8, 4) is 0 Å². The molecular formula is C12H22N2. The molecule has 0 spiro atoms. The molecule has 0 bridgehead atoms. The van der Waals surface area contributed by atoms with E-state index in [1.54, 1.807) is 0 Å². The highest BCUT2D eigenvalue weighted by molar-refractivity contribution is 5.14. The molecule has 0 radical (unpaired) electrons. The van der Waals surface area contributed by atoms with Crippen LogP contribution >= 0.6 is 0 Å². The first kappa shape index (κ1) is 12.8. The minimum absolute atomic E-state index is 0.891. The van der Waals surface area contributed by atoms with Gasteiger partial charge in [0.05, 0.1) is 0 Å². The van der Waals surface area contributed by atoms with Gasteiger partial charge in [-0.1, -0.05) is 11.6 Å². The van der Waals surface area contributed by atoms with Gasteiger partial charge in [-0.2, -0.15) is 0 Å². The van der Waals surface area contributed by atoms with Crippen LogP contribution in [-0.4, -0.2) is 19.0 Å². The van der Waals surface area contributed by atoms with Crippen LogP contribution < -0.4 is 5.32 Å². The summed E-state index contributed by atoms with van der Waals surface area (Å²) in [6.45, 7) is 9.98. The zero-order valence-corrected chi connectivity index (χ0v) is 10.0. The van der Waals surface area contributed by atoms with E-state index >= 15 is 0 Å². The highest BCUT2D eigenvalue weighted by Gasteiger charge is 2.01. The predicted octanol–water partition coefficient (Wildman–Crippen LogP) is 2.87. The third kappa shape index (κ3) is 4.75. The minimum Gasteiger partial charge on any atom is -0.379 e. The van der Waals surface area contributed by atoms with E-state index in [0.717, 1.165) is 6.42 Å². The summed E-state index contributed by atoms with van der Waals surface area (Å²) in [4.78, 5) is 2.11. The number of nitrogens with one attached hydrogen (secondary N) is 1. The summed E-state index contributed by atoms with van der Waals surface area (Å²) in [5, 5.41) is 3.28. The Labute approximate surface area is 88.0 Å². The second-order valence-electron chi connectivity index (χ2n) is 3.82. The fourth-order valence-electron chi connectivity index (χ4n) is 1.14. The molecule has 0 saturated heterocycles. The van der Waals surface area contributed by atoms with Gasteiger partial charge in [0.1, 0.15) is 0 Å². The first-order valence-electron chi connectivity index (χ1n) is 4.87. The number of rotatable bonds is 5. The van der Waals surface area contributed by atoms with Crippen molar-refractivity contribution in [1.82, 2.24) is 10.2 Å².